The summed E-state index contributed by atoms with van der Waals surface area (Å²) in [7, 11) is 0. The van der Waals surface area contributed by atoms with Crippen molar-refractivity contribution in [1.29, 1.82) is 0 Å². The van der Waals surface area contributed by atoms with Gasteiger partial charge in [0.1, 0.15) is 6.04 Å². The number of amides is 4. The maximum atomic E-state index is 14.7. The number of hydrogen-bond acceptors (Lipinski definition) is 5. The molecule has 0 aromatic heterocycles. The smallest absolute Gasteiger partial charge is 0.263 e. The number of aliphatic imine (C=N–C) groups is 1. The molecule has 2 N–H and O–H groups in total. The maximum absolute atomic E-state index is 14.7. The topological polar surface area (TPSA) is 108 Å². The van der Waals surface area contributed by atoms with E-state index in [0.29, 0.717) is 16.7 Å². The van der Waals surface area contributed by atoms with Crippen molar-refractivity contribution in [1.82, 2.24) is 15.5 Å². The van der Waals surface area contributed by atoms with Crippen molar-refractivity contribution in [3.63, 3.8) is 0 Å². The highest BCUT2D eigenvalue weighted by atomic mass is 19.1. The Labute approximate surface area is 178 Å². The molecule has 2 unspecified atom stereocenters. The largest absolute Gasteiger partial charge is 0.349 e. The number of carbonyl (C=O) groups is 4. The number of piperidine rings is 1. The van der Waals surface area contributed by atoms with Crippen molar-refractivity contribution >= 4 is 29.8 Å². The molecule has 3 rings (SSSR count). The first-order valence-electron chi connectivity index (χ1n) is 9.73. The van der Waals surface area contributed by atoms with Crippen LogP contribution >= 0.6 is 0 Å². The number of carbonyl (C=O) groups excluding carboxylic acids is 4. The monoisotopic (exact) mass is 426 g/mol. The molecule has 2 heterocycles. The second-order valence-corrected chi connectivity index (χ2v) is 7.54. The average Bonchev–Trinajstić information content (AvgIpc) is 3.05. The zero-order chi connectivity index (χ0) is 22.8. The lowest BCUT2D eigenvalue weighted by Crippen LogP contribution is -2.52. The highest BCUT2D eigenvalue weighted by molar-refractivity contribution is 6.05. The average molecular weight is 426 g/mol. The second-order valence-electron chi connectivity index (χ2n) is 7.54. The Morgan fingerprint density at radius 3 is 2.84 bits per heavy atom. The number of hydrogen-bond donors (Lipinski definition) is 2. The Hall–Kier alpha value is -3.62. The highest BCUT2D eigenvalue weighted by Gasteiger charge is 2.39. The molecule has 0 saturated carbocycles. The zero-order valence-electron chi connectivity index (χ0n) is 17.1. The predicted molar refractivity (Wildman–Crippen MR) is 112 cm³/mol. The Morgan fingerprint density at radius 2 is 2.16 bits per heavy atom. The minimum Gasteiger partial charge on any atom is -0.349 e. The maximum Gasteiger partial charge on any atom is 0.263 e. The summed E-state index contributed by atoms with van der Waals surface area (Å²) >= 11 is 0. The molecule has 2 aliphatic rings. The van der Waals surface area contributed by atoms with Crippen molar-refractivity contribution in [2.75, 3.05) is 0 Å². The van der Waals surface area contributed by atoms with Gasteiger partial charge in [-0.25, -0.2) is 4.39 Å². The summed E-state index contributed by atoms with van der Waals surface area (Å²) in [4.78, 5) is 53.6. The third-order valence-corrected chi connectivity index (χ3v) is 5.35. The van der Waals surface area contributed by atoms with Crippen molar-refractivity contribution in [3.8, 4) is 0 Å². The summed E-state index contributed by atoms with van der Waals surface area (Å²) in [5.74, 6) is -2.00. The molecule has 0 aliphatic carbocycles. The van der Waals surface area contributed by atoms with Crippen LogP contribution in [0, 0.1) is 0 Å². The van der Waals surface area contributed by atoms with Crippen LogP contribution in [0.4, 0.5) is 4.39 Å². The summed E-state index contributed by atoms with van der Waals surface area (Å²) in [6.45, 7) is 8.25. The molecule has 1 aromatic rings. The van der Waals surface area contributed by atoms with E-state index in [1.807, 2.05) is 0 Å². The van der Waals surface area contributed by atoms with Crippen molar-refractivity contribution in [2.24, 2.45) is 4.99 Å². The van der Waals surface area contributed by atoms with Crippen LogP contribution in [0.15, 0.2) is 48.1 Å². The van der Waals surface area contributed by atoms with Crippen LogP contribution in [-0.4, -0.2) is 46.5 Å². The molecule has 2 aliphatic heterocycles. The second kappa shape index (κ2) is 8.63. The van der Waals surface area contributed by atoms with Crippen molar-refractivity contribution in [2.45, 2.75) is 44.6 Å². The fourth-order valence-electron chi connectivity index (χ4n) is 3.48. The predicted octanol–water partition coefficient (Wildman–Crippen LogP) is 1.56. The molecule has 162 valence electrons. The Kier molecular flexibility index (Phi) is 6.14. The van der Waals surface area contributed by atoms with Gasteiger partial charge in [0.05, 0.1) is 5.70 Å². The lowest BCUT2D eigenvalue weighted by atomic mass is 10.0. The van der Waals surface area contributed by atoms with E-state index in [9.17, 15) is 23.6 Å². The molecule has 2 atom stereocenters. The van der Waals surface area contributed by atoms with Crippen molar-refractivity contribution < 1.29 is 23.6 Å². The zero-order valence-corrected chi connectivity index (χ0v) is 17.1. The van der Waals surface area contributed by atoms with Gasteiger partial charge < -0.3 is 10.2 Å². The summed E-state index contributed by atoms with van der Waals surface area (Å²) in [6, 6.07) is 4.31. The first-order chi connectivity index (χ1) is 14.6. The lowest BCUT2D eigenvalue weighted by molar-refractivity contribution is -0.137. The molecule has 4 amide bonds. The third-order valence-electron chi connectivity index (χ3n) is 5.35. The van der Waals surface area contributed by atoms with E-state index < -0.39 is 23.5 Å². The van der Waals surface area contributed by atoms with E-state index in [2.05, 4.69) is 28.8 Å². The van der Waals surface area contributed by atoms with Crippen LogP contribution in [0.5, 0.6) is 0 Å². The number of allylic oxidation sites excluding steroid dienone is 1. The first kappa shape index (κ1) is 22.1. The molecular formula is C22H23FN4O4. The van der Waals surface area contributed by atoms with E-state index in [1.165, 1.54) is 17.2 Å². The van der Waals surface area contributed by atoms with Gasteiger partial charge in [-0.1, -0.05) is 31.4 Å². The molecule has 9 heteroatoms. The minimum absolute atomic E-state index is 0.0384. The van der Waals surface area contributed by atoms with Gasteiger partial charge in [0.25, 0.3) is 11.8 Å². The highest BCUT2D eigenvalue weighted by Crippen LogP contribution is 2.28. The summed E-state index contributed by atoms with van der Waals surface area (Å²) in [5.41, 5.74) is -0.813. The number of imide groups is 1. The van der Waals surface area contributed by atoms with Gasteiger partial charge in [-0.2, -0.15) is 0 Å². The molecule has 0 bridgehead atoms. The number of nitrogens with one attached hydrogen (secondary N) is 2. The molecule has 1 saturated heterocycles. The minimum atomic E-state index is -2.39. The summed E-state index contributed by atoms with van der Waals surface area (Å²) < 4.78 is 14.7. The number of rotatable bonds is 7. The molecule has 8 nitrogen and oxygen atoms in total. The number of nitrogens with zero attached hydrogens (tertiary/aromatic N) is 2. The summed E-state index contributed by atoms with van der Waals surface area (Å²) in [5, 5.41) is 4.77. The lowest BCUT2D eigenvalue weighted by Gasteiger charge is -2.29. The molecule has 1 fully saturated rings. The van der Waals surface area contributed by atoms with Gasteiger partial charge in [-0.15, -0.1) is 0 Å². The van der Waals surface area contributed by atoms with E-state index in [1.54, 1.807) is 18.2 Å². The number of alkyl halides is 1. The van der Waals surface area contributed by atoms with Crippen LogP contribution in [0.3, 0.4) is 0 Å². The fourth-order valence-corrected chi connectivity index (χ4v) is 3.48. The van der Waals surface area contributed by atoms with E-state index in [0.717, 1.165) is 6.92 Å². The van der Waals surface area contributed by atoms with Crippen LogP contribution < -0.4 is 10.6 Å². The van der Waals surface area contributed by atoms with Gasteiger partial charge in [0.2, 0.25) is 17.5 Å². The van der Waals surface area contributed by atoms with Gasteiger partial charge in [0, 0.05) is 31.3 Å². The van der Waals surface area contributed by atoms with Gasteiger partial charge in [-0.05, 0) is 30.5 Å². The number of benzene rings is 1. The normalized spacial score (nSPS) is 20.3. The van der Waals surface area contributed by atoms with Crippen LogP contribution in [0.2, 0.25) is 0 Å². The third kappa shape index (κ3) is 4.45. The van der Waals surface area contributed by atoms with Crippen LogP contribution in [0.25, 0.3) is 0 Å². The van der Waals surface area contributed by atoms with Gasteiger partial charge >= 0.3 is 0 Å². The Bertz CT molecular complexity index is 1010. The van der Waals surface area contributed by atoms with Gasteiger partial charge in [0.15, 0.2) is 0 Å². The standard InChI is InChI=1S/C22H23FN4O4/c1-4-9-24-13(2)22(3,23)21(31)25-11-14-5-6-16-15(10-14)12-27(20(16)30)17-7-8-18(28)26-19(17)29/h4-6,9-10,17H,1-2,7-8,11-12H2,3H3,(H,25,31)(H,26,28,29). The van der Waals surface area contributed by atoms with E-state index in [4.69, 9.17) is 0 Å². The molecular weight excluding hydrogens is 403 g/mol. The van der Waals surface area contributed by atoms with Crippen molar-refractivity contribution in [3.05, 3.63) is 59.8 Å². The number of fused-ring (bicyclic) bond motifs is 1. The van der Waals surface area contributed by atoms with Gasteiger partial charge in [-0.3, -0.25) is 29.5 Å². The first-order valence-corrected chi connectivity index (χ1v) is 9.73. The Morgan fingerprint density at radius 1 is 1.42 bits per heavy atom. The van der Waals surface area contributed by atoms with E-state index in [-0.39, 0.29) is 43.4 Å². The number of halogens is 1. The summed E-state index contributed by atoms with van der Waals surface area (Å²) in [6.07, 6.45) is 3.06. The SMILES string of the molecule is C=CC=NC(=C)C(C)(F)C(=O)NCc1ccc2c(c1)CN(C1CCC(=O)NC1=O)C2=O. The quantitative estimate of drug-likeness (QED) is 0.510. The molecule has 0 radical (unpaired) electrons. The molecule has 1 aromatic carbocycles. The van der Waals surface area contributed by atoms with Crippen LogP contribution in [-0.2, 0) is 27.5 Å². The molecule has 31 heavy (non-hydrogen) atoms. The Balaban J connectivity index is 1.67. The molecule has 0 spiro atoms. The van der Waals surface area contributed by atoms with E-state index >= 15 is 0 Å². The fraction of sp³-hybridized carbons (Fsp3) is 0.318. The van der Waals surface area contributed by atoms with Crippen LogP contribution in [0.1, 0.15) is 41.3 Å².